The zero-order chi connectivity index (χ0) is 12.3. The predicted molar refractivity (Wildman–Crippen MR) is 61.3 cm³/mol. The average Bonchev–Trinajstić information content (AvgIpc) is 2.39. The van der Waals surface area contributed by atoms with E-state index in [9.17, 15) is 4.79 Å². The smallest absolute Gasteiger partial charge is 0.335 e. The molecule has 0 radical (unpaired) electrons. The summed E-state index contributed by atoms with van der Waals surface area (Å²) in [6.07, 6.45) is 1.55. The van der Waals surface area contributed by atoms with Gasteiger partial charge in [0.05, 0.1) is 5.56 Å². The van der Waals surface area contributed by atoms with Crippen LogP contribution in [0.1, 0.15) is 16.1 Å². The summed E-state index contributed by atoms with van der Waals surface area (Å²) >= 11 is 0. The highest BCUT2D eigenvalue weighted by atomic mass is 16.4. The third-order valence-corrected chi connectivity index (χ3v) is 2.34. The number of benzene rings is 1. The third kappa shape index (κ3) is 2.29. The van der Waals surface area contributed by atoms with Crippen LogP contribution < -0.4 is 0 Å². The lowest BCUT2D eigenvalue weighted by Gasteiger charge is -2.02. The van der Waals surface area contributed by atoms with Crippen molar-refractivity contribution in [2.75, 3.05) is 0 Å². The number of rotatable bonds is 2. The monoisotopic (exact) mass is 224 g/mol. The average molecular weight is 224 g/mol. The summed E-state index contributed by atoms with van der Waals surface area (Å²) in [5.41, 5.74) is 2.27. The van der Waals surface area contributed by atoms with Crippen LogP contribution in [0.4, 0.5) is 0 Å². The lowest BCUT2D eigenvalue weighted by Crippen LogP contribution is -1.95. The van der Waals surface area contributed by atoms with Crippen molar-refractivity contribution in [3.8, 4) is 17.2 Å². The second-order valence-electron chi connectivity index (χ2n) is 3.42. The molecule has 1 aromatic heterocycles. The van der Waals surface area contributed by atoms with Crippen molar-refractivity contribution in [1.82, 2.24) is 4.98 Å². The molecular weight excluding hydrogens is 216 g/mol. The van der Waals surface area contributed by atoms with Gasteiger partial charge in [0, 0.05) is 6.20 Å². The highest BCUT2D eigenvalue weighted by Gasteiger charge is 2.03. The summed E-state index contributed by atoms with van der Waals surface area (Å²) < 4.78 is 0. The van der Waals surface area contributed by atoms with Gasteiger partial charge in [-0.3, -0.25) is 0 Å². The number of nitriles is 1. The van der Waals surface area contributed by atoms with E-state index >= 15 is 0 Å². The van der Waals surface area contributed by atoms with E-state index in [4.69, 9.17) is 10.4 Å². The highest BCUT2D eigenvalue weighted by Crippen LogP contribution is 2.19. The van der Waals surface area contributed by atoms with Crippen molar-refractivity contribution in [1.29, 1.82) is 5.26 Å². The van der Waals surface area contributed by atoms with Crippen molar-refractivity contribution >= 4 is 5.97 Å². The summed E-state index contributed by atoms with van der Waals surface area (Å²) in [4.78, 5) is 14.6. The molecular formula is C13H8N2O2. The molecule has 1 N–H and O–H groups in total. The number of hydrogen-bond donors (Lipinski definition) is 1. The first kappa shape index (κ1) is 10.8. The van der Waals surface area contributed by atoms with Crippen LogP contribution in [0.25, 0.3) is 11.1 Å². The Morgan fingerprint density at radius 3 is 2.47 bits per heavy atom. The fourth-order valence-corrected chi connectivity index (χ4v) is 1.48. The van der Waals surface area contributed by atoms with Gasteiger partial charge in [-0.2, -0.15) is 5.26 Å². The quantitative estimate of drug-likeness (QED) is 0.849. The van der Waals surface area contributed by atoms with Crippen molar-refractivity contribution in [2.24, 2.45) is 0 Å². The van der Waals surface area contributed by atoms with Crippen LogP contribution in [0.2, 0.25) is 0 Å². The Morgan fingerprint density at radius 1 is 1.18 bits per heavy atom. The number of carboxylic acid groups (broad SMARTS) is 1. The van der Waals surface area contributed by atoms with Gasteiger partial charge in [-0.05, 0) is 35.4 Å². The fraction of sp³-hybridized carbons (Fsp3) is 0. The molecule has 0 fully saturated rings. The summed E-state index contributed by atoms with van der Waals surface area (Å²) in [5, 5.41) is 17.5. The Kier molecular flexibility index (Phi) is 2.84. The van der Waals surface area contributed by atoms with Crippen LogP contribution in [0.3, 0.4) is 0 Å². The van der Waals surface area contributed by atoms with Gasteiger partial charge in [-0.25, -0.2) is 9.78 Å². The van der Waals surface area contributed by atoms with Crippen molar-refractivity contribution in [3.63, 3.8) is 0 Å². The lowest BCUT2D eigenvalue weighted by atomic mass is 10.0. The Labute approximate surface area is 97.8 Å². The highest BCUT2D eigenvalue weighted by molar-refractivity contribution is 5.88. The maximum atomic E-state index is 10.7. The maximum Gasteiger partial charge on any atom is 0.335 e. The van der Waals surface area contributed by atoms with Gasteiger partial charge in [-0.1, -0.05) is 12.1 Å². The first-order chi connectivity index (χ1) is 8.20. The zero-order valence-electron chi connectivity index (χ0n) is 8.79. The first-order valence-electron chi connectivity index (χ1n) is 4.90. The summed E-state index contributed by atoms with van der Waals surface area (Å²) in [7, 11) is 0. The molecule has 1 aromatic carbocycles. The number of carboxylic acids is 1. The second kappa shape index (κ2) is 4.45. The molecule has 0 unspecified atom stereocenters. The third-order valence-electron chi connectivity index (χ3n) is 2.34. The van der Waals surface area contributed by atoms with E-state index in [0.717, 1.165) is 11.1 Å². The van der Waals surface area contributed by atoms with E-state index in [0.29, 0.717) is 5.69 Å². The van der Waals surface area contributed by atoms with Gasteiger partial charge in [-0.15, -0.1) is 0 Å². The van der Waals surface area contributed by atoms with E-state index in [1.165, 1.54) is 12.1 Å². The van der Waals surface area contributed by atoms with Gasteiger partial charge in [0.25, 0.3) is 0 Å². The van der Waals surface area contributed by atoms with Crippen LogP contribution >= 0.6 is 0 Å². The number of nitrogens with zero attached hydrogens (tertiary/aromatic N) is 2. The molecule has 82 valence electrons. The molecule has 0 atom stereocenters. The van der Waals surface area contributed by atoms with E-state index in [1.807, 2.05) is 6.07 Å². The molecule has 0 saturated heterocycles. The number of aromatic nitrogens is 1. The second-order valence-corrected chi connectivity index (χ2v) is 3.42. The zero-order valence-corrected chi connectivity index (χ0v) is 8.79. The van der Waals surface area contributed by atoms with Crippen molar-refractivity contribution in [3.05, 3.63) is 53.9 Å². The number of pyridine rings is 1. The Bertz CT molecular complexity index is 598. The van der Waals surface area contributed by atoms with Crippen LogP contribution in [-0.4, -0.2) is 16.1 Å². The molecule has 0 aliphatic carbocycles. The number of hydrogen-bond acceptors (Lipinski definition) is 3. The normalized spacial score (nSPS) is 9.59. The van der Waals surface area contributed by atoms with Gasteiger partial charge in [0.1, 0.15) is 11.8 Å². The maximum absolute atomic E-state index is 10.7. The van der Waals surface area contributed by atoms with Gasteiger partial charge < -0.3 is 5.11 Å². The molecule has 0 amide bonds. The van der Waals surface area contributed by atoms with Crippen molar-refractivity contribution < 1.29 is 9.90 Å². The standard InChI is InChI=1S/C13H8N2O2/c14-8-12-7-11(5-6-15-12)9-1-3-10(4-2-9)13(16)17/h1-7H,(H,16,17). The molecule has 0 aliphatic rings. The van der Waals surface area contributed by atoms with E-state index in [2.05, 4.69) is 4.98 Å². The molecule has 0 saturated carbocycles. The Balaban J connectivity index is 2.40. The summed E-state index contributed by atoms with van der Waals surface area (Å²) in [6.45, 7) is 0. The van der Waals surface area contributed by atoms with Crippen LogP contribution in [-0.2, 0) is 0 Å². The molecule has 17 heavy (non-hydrogen) atoms. The van der Waals surface area contributed by atoms with E-state index in [-0.39, 0.29) is 5.56 Å². The van der Waals surface area contributed by atoms with Gasteiger partial charge in [0.2, 0.25) is 0 Å². The van der Waals surface area contributed by atoms with Crippen molar-refractivity contribution in [2.45, 2.75) is 0 Å². The van der Waals surface area contributed by atoms with Crippen LogP contribution in [0.15, 0.2) is 42.6 Å². The number of aromatic carboxylic acids is 1. The largest absolute Gasteiger partial charge is 0.478 e. The van der Waals surface area contributed by atoms with Gasteiger partial charge >= 0.3 is 5.97 Å². The molecule has 4 nitrogen and oxygen atoms in total. The summed E-state index contributed by atoms with van der Waals surface area (Å²) in [6, 6.07) is 11.9. The fourth-order valence-electron chi connectivity index (χ4n) is 1.48. The topological polar surface area (TPSA) is 74.0 Å². The Hall–Kier alpha value is -2.67. The lowest BCUT2D eigenvalue weighted by molar-refractivity contribution is 0.0697. The van der Waals surface area contributed by atoms with Gasteiger partial charge in [0.15, 0.2) is 0 Å². The minimum absolute atomic E-state index is 0.239. The minimum Gasteiger partial charge on any atom is -0.478 e. The van der Waals surface area contributed by atoms with Crippen LogP contribution in [0.5, 0.6) is 0 Å². The molecule has 0 spiro atoms. The first-order valence-corrected chi connectivity index (χ1v) is 4.90. The molecule has 0 aliphatic heterocycles. The molecule has 4 heteroatoms. The molecule has 1 heterocycles. The molecule has 2 aromatic rings. The molecule has 2 rings (SSSR count). The van der Waals surface area contributed by atoms with E-state index in [1.54, 1.807) is 30.5 Å². The van der Waals surface area contributed by atoms with E-state index < -0.39 is 5.97 Å². The predicted octanol–water partition coefficient (Wildman–Crippen LogP) is 2.32. The van der Waals surface area contributed by atoms with Crippen LogP contribution in [0, 0.1) is 11.3 Å². The number of carbonyl (C=O) groups is 1. The minimum atomic E-state index is -0.955. The Morgan fingerprint density at radius 2 is 1.88 bits per heavy atom. The summed E-state index contributed by atoms with van der Waals surface area (Å²) in [5.74, 6) is -0.955. The molecule has 0 bridgehead atoms. The SMILES string of the molecule is N#Cc1cc(-c2ccc(C(=O)O)cc2)ccn1.